The fraction of sp³-hybridized carbons (Fsp3) is 0.273. The number of rotatable bonds is 5. The van der Waals surface area contributed by atoms with E-state index in [0.29, 0.717) is 12.5 Å². The summed E-state index contributed by atoms with van der Waals surface area (Å²) in [4.78, 5) is 8.87. The Kier molecular flexibility index (Phi) is 5.74. The van der Waals surface area contributed by atoms with Gasteiger partial charge >= 0.3 is 0 Å². The Morgan fingerprint density at radius 3 is 2.41 bits per heavy atom. The normalized spacial score (nSPS) is 15.0. The summed E-state index contributed by atoms with van der Waals surface area (Å²) in [6.07, 6.45) is 3.85. The molecular weight excluding hydrogens is 367 g/mol. The largest absolute Gasteiger partial charge is 0.370 e. The van der Waals surface area contributed by atoms with Crippen LogP contribution in [0.1, 0.15) is 11.1 Å². The molecule has 0 aliphatic carbocycles. The van der Waals surface area contributed by atoms with Crippen LogP contribution in [0.4, 0.5) is 10.1 Å². The molecule has 150 valence electrons. The van der Waals surface area contributed by atoms with Crippen molar-refractivity contribution in [3.05, 3.63) is 83.9 Å². The van der Waals surface area contributed by atoms with E-state index < -0.39 is 0 Å². The number of guanidine groups is 1. The van der Waals surface area contributed by atoms with E-state index in [1.165, 1.54) is 17.7 Å². The highest BCUT2D eigenvalue weighted by Gasteiger charge is 2.18. The van der Waals surface area contributed by atoms with Gasteiger partial charge < -0.3 is 15.5 Å². The predicted octanol–water partition coefficient (Wildman–Crippen LogP) is 2.71. The third-order valence-corrected chi connectivity index (χ3v) is 5.09. The molecule has 29 heavy (non-hydrogen) atoms. The third kappa shape index (κ3) is 4.93. The van der Waals surface area contributed by atoms with Crippen LogP contribution in [0, 0.1) is 5.82 Å². The first-order valence-electron chi connectivity index (χ1n) is 9.78. The quantitative estimate of drug-likeness (QED) is 0.536. The molecule has 4 rings (SSSR count). The van der Waals surface area contributed by atoms with E-state index in [9.17, 15) is 4.39 Å². The summed E-state index contributed by atoms with van der Waals surface area (Å²) in [7, 11) is 0. The standard InChI is InChI=1S/C22H25FN6/c23-20-6-8-21(9-7-20)27-10-12-28(13-11-27)22(24)25-14-19-15-26-29(17-19)16-18-4-2-1-3-5-18/h1-9,15,17H,10-14,16H2,(H2,24,25). The monoisotopic (exact) mass is 392 g/mol. The highest BCUT2D eigenvalue weighted by Crippen LogP contribution is 2.17. The lowest BCUT2D eigenvalue weighted by atomic mass is 10.2. The van der Waals surface area contributed by atoms with Crippen molar-refractivity contribution >= 4 is 11.6 Å². The molecule has 0 saturated carbocycles. The van der Waals surface area contributed by atoms with Gasteiger partial charge in [-0.05, 0) is 29.8 Å². The van der Waals surface area contributed by atoms with Gasteiger partial charge in [0.05, 0.1) is 19.3 Å². The summed E-state index contributed by atoms with van der Waals surface area (Å²) >= 11 is 0. The van der Waals surface area contributed by atoms with Crippen LogP contribution in [0.3, 0.4) is 0 Å². The molecule has 0 bridgehead atoms. The first-order chi connectivity index (χ1) is 14.2. The first kappa shape index (κ1) is 19.0. The molecule has 2 aromatic carbocycles. The average Bonchev–Trinajstić information content (AvgIpc) is 3.21. The Bertz CT molecular complexity index is 943. The van der Waals surface area contributed by atoms with Gasteiger partial charge in [-0.3, -0.25) is 4.68 Å². The van der Waals surface area contributed by atoms with Crippen LogP contribution < -0.4 is 10.6 Å². The number of aromatic nitrogens is 2. The number of halogens is 1. The van der Waals surface area contributed by atoms with Crippen molar-refractivity contribution in [1.29, 1.82) is 0 Å². The van der Waals surface area contributed by atoms with Crippen molar-refractivity contribution in [2.75, 3.05) is 31.1 Å². The molecule has 0 amide bonds. The number of nitrogens with two attached hydrogens (primary N) is 1. The zero-order valence-electron chi connectivity index (χ0n) is 16.3. The van der Waals surface area contributed by atoms with E-state index in [0.717, 1.165) is 44.0 Å². The lowest BCUT2D eigenvalue weighted by Gasteiger charge is -2.36. The highest BCUT2D eigenvalue weighted by molar-refractivity contribution is 5.78. The fourth-order valence-electron chi connectivity index (χ4n) is 3.46. The van der Waals surface area contributed by atoms with E-state index >= 15 is 0 Å². The van der Waals surface area contributed by atoms with Crippen molar-refractivity contribution < 1.29 is 4.39 Å². The molecule has 1 aromatic heterocycles. The number of piperazine rings is 1. The van der Waals surface area contributed by atoms with Gasteiger partial charge in [-0.1, -0.05) is 30.3 Å². The second kappa shape index (κ2) is 8.77. The van der Waals surface area contributed by atoms with Gasteiger partial charge in [-0.15, -0.1) is 0 Å². The number of hydrogen-bond acceptors (Lipinski definition) is 3. The summed E-state index contributed by atoms with van der Waals surface area (Å²) in [5.41, 5.74) is 9.49. The minimum atomic E-state index is -0.212. The number of nitrogens with zero attached hydrogens (tertiary/aromatic N) is 5. The second-order valence-corrected chi connectivity index (χ2v) is 7.16. The maximum atomic E-state index is 13.1. The first-order valence-corrected chi connectivity index (χ1v) is 9.78. The maximum Gasteiger partial charge on any atom is 0.191 e. The molecule has 6 nitrogen and oxygen atoms in total. The summed E-state index contributed by atoms with van der Waals surface area (Å²) in [6, 6.07) is 16.9. The van der Waals surface area contributed by atoms with Gasteiger partial charge in [0.2, 0.25) is 0 Å². The molecule has 1 fully saturated rings. The number of anilines is 1. The average molecular weight is 392 g/mol. The van der Waals surface area contributed by atoms with E-state index in [-0.39, 0.29) is 5.82 Å². The van der Waals surface area contributed by atoms with Gasteiger partial charge in [0.25, 0.3) is 0 Å². The number of hydrogen-bond donors (Lipinski definition) is 1. The Balaban J connectivity index is 1.29. The van der Waals surface area contributed by atoms with Gasteiger partial charge in [-0.25, -0.2) is 9.38 Å². The molecule has 1 aliphatic heterocycles. The minimum absolute atomic E-state index is 0.212. The van der Waals surface area contributed by atoms with Crippen molar-refractivity contribution in [2.45, 2.75) is 13.1 Å². The lowest BCUT2D eigenvalue weighted by molar-refractivity contribution is 0.380. The minimum Gasteiger partial charge on any atom is -0.370 e. The molecule has 0 unspecified atom stereocenters. The fourth-order valence-corrected chi connectivity index (χ4v) is 3.46. The highest BCUT2D eigenvalue weighted by atomic mass is 19.1. The molecule has 3 aromatic rings. The van der Waals surface area contributed by atoms with Gasteiger partial charge in [0.1, 0.15) is 5.82 Å². The molecule has 1 aliphatic rings. The van der Waals surface area contributed by atoms with E-state index in [1.54, 1.807) is 0 Å². The van der Waals surface area contributed by atoms with Crippen LogP contribution in [-0.4, -0.2) is 46.8 Å². The molecule has 0 radical (unpaired) electrons. The number of benzene rings is 2. The topological polar surface area (TPSA) is 62.7 Å². The SMILES string of the molecule is NC(=NCc1cnn(Cc2ccccc2)c1)N1CCN(c2ccc(F)cc2)CC1. The van der Waals surface area contributed by atoms with E-state index in [2.05, 4.69) is 32.0 Å². The van der Waals surface area contributed by atoms with Crippen molar-refractivity contribution in [2.24, 2.45) is 10.7 Å². The maximum absolute atomic E-state index is 13.1. The summed E-state index contributed by atoms with van der Waals surface area (Å²) in [5, 5.41) is 4.41. The molecule has 2 heterocycles. The van der Waals surface area contributed by atoms with Crippen molar-refractivity contribution in [1.82, 2.24) is 14.7 Å². The lowest BCUT2D eigenvalue weighted by Crippen LogP contribution is -2.51. The molecular formula is C22H25FN6. The Hall–Kier alpha value is -3.35. The van der Waals surface area contributed by atoms with Gasteiger partial charge in [0, 0.05) is 43.6 Å². The summed E-state index contributed by atoms with van der Waals surface area (Å²) in [5.74, 6) is 0.343. The zero-order valence-corrected chi connectivity index (χ0v) is 16.3. The van der Waals surface area contributed by atoms with Crippen molar-refractivity contribution in [3.8, 4) is 0 Å². The van der Waals surface area contributed by atoms with Crippen molar-refractivity contribution in [3.63, 3.8) is 0 Å². The number of aliphatic imine (C=N–C) groups is 1. The van der Waals surface area contributed by atoms with Crippen LogP contribution in [0.2, 0.25) is 0 Å². The molecule has 0 spiro atoms. The molecule has 1 saturated heterocycles. The van der Waals surface area contributed by atoms with Crippen LogP contribution in [0.5, 0.6) is 0 Å². The molecule has 0 atom stereocenters. The van der Waals surface area contributed by atoms with Crippen LogP contribution in [0.15, 0.2) is 72.0 Å². The van der Waals surface area contributed by atoms with Gasteiger partial charge in [0.15, 0.2) is 5.96 Å². The third-order valence-electron chi connectivity index (χ3n) is 5.09. The van der Waals surface area contributed by atoms with E-state index in [1.807, 2.05) is 47.4 Å². The van der Waals surface area contributed by atoms with Crippen LogP contribution >= 0.6 is 0 Å². The summed E-state index contributed by atoms with van der Waals surface area (Å²) in [6.45, 7) is 4.50. The molecule has 7 heteroatoms. The van der Waals surface area contributed by atoms with Crippen LogP contribution in [-0.2, 0) is 13.1 Å². The predicted molar refractivity (Wildman–Crippen MR) is 113 cm³/mol. The van der Waals surface area contributed by atoms with Crippen LogP contribution in [0.25, 0.3) is 0 Å². The van der Waals surface area contributed by atoms with Gasteiger partial charge in [-0.2, -0.15) is 5.10 Å². The Morgan fingerprint density at radius 1 is 0.966 bits per heavy atom. The Morgan fingerprint density at radius 2 is 1.69 bits per heavy atom. The smallest absolute Gasteiger partial charge is 0.191 e. The zero-order chi connectivity index (χ0) is 20.1. The van der Waals surface area contributed by atoms with E-state index in [4.69, 9.17) is 5.73 Å². The molecule has 2 N–H and O–H groups in total. The Labute approximate surface area is 170 Å². The second-order valence-electron chi connectivity index (χ2n) is 7.16. The summed E-state index contributed by atoms with van der Waals surface area (Å²) < 4.78 is 15.0.